The molecule has 0 radical (unpaired) electrons. The van der Waals surface area contributed by atoms with Crippen molar-refractivity contribution in [2.45, 2.75) is 19.0 Å². The van der Waals surface area contributed by atoms with Crippen molar-refractivity contribution in [2.24, 2.45) is 0 Å². The maximum atomic E-state index is 12.7. The van der Waals surface area contributed by atoms with Gasteiger partial charge in [-0.1, -0.05) is 12.1 Å². The van der Waals surface area contributed by atoms with Gasteiger partial charge in [0.05, 0.1) is 23.7 Å². The molecule has 0 aliphatic carbocycles. The Morgan fingerprint density at radius 3 is 2.33 bits per heavy atom. The molecule has 0 N–H and O–H groups in total. The SMILES string of the molecule is N#CCc1cc(C(F)(F)F)cnc1-c1ccccc1OC(F)(F)F. The maximum Gasteiger partial charge on any atom is 0.573 e. The van der Waals surface area contributed by atoms with Crippen molar-refractivity contribution in [1.82, 2.24) is 4.98 Å². The Hall–Kier alpha value is -2.76. The summed E-state index contributed by atoms with van der Waals surface area (Å²) in [4.78, 5) is 3.61. The fraction of sp³-hybridized carbons (Fsp3) is 0.200. The van der Waals surface area contributed by atoms with Gasteiger partial charge in [0.2, 0.25) is 0 Å². The van der Waals surface area contributed by atoms with Gasteiger partial charge in [0.25, 0.3) is 0 Å². The lowest BCUT2D eigenvalue weighted by atomic mass is 10.0. The van der Waals surface area contributed by atoms with E-state index >= 15 is 0 Å². The van der Waals surface area contributed by atoms with E-state index in [1.54, 1.807) is 6.07 Å². The van der Waals surface area contributed by atoms with E-state index < -0.39 is 30.3 Å². The van der Waals surface area contributed by atoms with E-state index in [2.05, 4.69) is 9.72 Å². The third kappa shape index (κ3) is 4.16. The Labute approximate surface area is 132 Å². The fourth-order valence-corrected chi connectivity index (χ4v) is 2.00. The van der Waals surface area contributed by atoms with Gasteiger partial charge in [0, 0.05) is 11.8 Å². The molecule has 1 aromatic carbocycles. The van der Waals surface area contributed by atoms with Crippen LogP contribution in [0.1, 0.15) is 11.1 Å². The molecule has 3 nitrogen and oxygen atoms in total. The molecule has 1 aromatic heterocycles. The third-order valence-corrected chi connectivity index (χ3v) is 2.93. The largest absolute Gasteiger partial charge is 0.573 e. The van der Waals surface area contributed by atoms with Gasteiger partial charge < -0.3 is 4.74 Å². The molecule has 9 heteroatoms. The Bertz CT molecular complexity index is 777. The minimum absolute atomic E-state index is 0.148. The smallest absolute Gasteiger partial charge is 0.405 e. The average Bonchev–Trinajstić information content (AvgIpc) is 2.46. The van der Waals surface area contributed by atoms with E-state index in [0.29, 0.717) is 12.3 Å². The second-order valence-corrected chi connectivity index (χ2v) is 4.61. The van der Waals surface area contributed by atoms with Gasteiger partial charge >= 0.3 is 12.5 Å². The number of nitrogens with zero attached hydrogens (tertiary/aromatic N) is 2. The minimum atomic E-state index is -4.97. The summed E-state index contributed by atoms with van der Waals surface area (Å²) in [6.07, 6.45) is -9.61. The molecule has 0 atom stereocenters. The summed E-state index contributed by atoms with van der Waals surface area (Å²) in [5.41, 5.74) is -1.57. The number of para-hydroxylation sites is 1. The predicted molar refractivity (Wildman–Crippen MR) is 70.7 cm³/mol. The number of hydrogen-bond acceptors (Lipinski definition) is 3. The van der Waals surface area contributed by atoms with Gasteiger partial charge in [0.1, 0.15) is 5.75 Å². The van der Waals surface area contributed by atoms with E-state index in [1.807, 2.05) is 0 Å². The highest BCUT2D eigenvalue weighted by Crippen LogP contribution is 2.37. The first-order chi connectivity index (χ1) is 11.1. The van der Waals surface area contributed by atoms with Crippen molar-refractivity contribution in [3.63, 3.8) is 0 Å². The molecule has 0 unspecified atom stereocenters. The van der Waals surface area contributed by atoms with E-state index in [9.17, 15) is 26.3 Å². The highest BCUT2D eigenvalue weighted by Gasteiger charge is 2.34. The van der Waals surface area contributed by atoms with Crippen LogP contribution in [0.2, 0.25) is 0 Å². The molecule has 0 amide bonds. The molecular formula is C15H8F6N2O. The summed E-state index contributed by atoms with van der Waals surface area (Å²) in [7, 11) is 0. The Kier molecular flexibility index (Phi) is 4.68. The van der Waals surface area contributed by atoms with Gasteiger partial charge in [0.15, 0.2) is 0 Å². The first kappa shape index (κ1) is 17.6. The summed E-state index contributed by atoms with van der Waals surface area (Å²) in [6, 6.07) is 7.25. The molecule has 126 valence electrons. The third-order valence-electron chi connectivity index (χ3n) is 2.93. The Morgan fingerprint density at radius 1 is 1.08 bits per heavy atom. The van der Waals surface area contributed by atoms with E-state index in [4.69, 9.17) is 5.26 Å². The van der Waals surface area contributed by atoms with Crippen LogP contribution in [-0.4, -0.2) is 11.3 Å². The lowest BCUT2D eigenvalue weighted by molar-refractivity contribution is -0.274. The summed E-state index contributed by atoms with van der Waals surface area (Å²) in [6.45, 7) is 0. The second-order valence-electron chi connectivity index (χ2n) is 4.61. The zero-order valence-electron chi connectivity index (χ0n) is 11.7. The molecule has 0 spiro atoms. The average molecular weight is 346 g/mol. The van der Waals surface area contributed by atoms with Crippen LogP contribution in [0.15, 0.2) is 36.5 Å². The monoisotopic (exact) mass is 346 g/mol. The van der Waals surface area contributed by atoms with Crippen molar-refractivity contribution in [3.8, 4) is 23.1 Å². The van der Waals surface area contributed by atoms with Gasteiger partial charge in [-0.15, -0.1) is 13.2 Å². The molecule has 0 saturated heterocycles. The molecule has 1 heterocycles. The number of rotatable bonds is 3. The number of nitriles is 1. The zero-order chi connectivity index (χ0) is 18.0. The molecule has 24 heavy (non-hydrogen) atoms. The summed E-state index contributed by atoms with van der Waals surface area (Å²) < 4.78 is 79.5. The van der Waals surface area contributed by atoms with Gasteiger partial charge in [-0.05, 0) is 23.8 Å². The van der Waals surface area contributed by atoms with Crippen molar-refractivity contribution in [2.75, 3.05) is 0 Å². The molecule has 0 aliphatic rings. The van der Waals surface area contributed by atoms with Gasteiger partial charge in [-0.3, -0.25) is 4.98 Å². The number of halogens is 6. The molecule has 0 saturated carbocycles. The second kappa shape index (κ2) is 6.39. The van der Waals surface area contributed by atoms with E-state index in [1.165, 1.54) is 18.2 Å². The van der Waals surface area contributed by atoms with Crippen molar-refractivity contribution in [1.29, 1.82) is 5.26 Å². The topological polar surface area (TPSA) is 45.9 Å². The summed E-state index contributed by atoms with van der Waals surface area (Å²) >= 11 is 0. The van der Waals surface area contributed by atoms with E-state index in [0.717, 1.165) is 6.07 Å². The number of benzene rings is 1. The normalized spacial score (nSPS) is 11.9. The molecule has 2 aromatic rings. The maximum absolute atomic E-state index is 12.7. The lowest BCUT2D eigenvalue weighted by Gasteiger charge is -2.15. The van der Waals surface area contributed by atoms with E-state index in [-0.39, 0.29) is 16.8 Å². The van der Waals surface area contributed by atoms with Crippen molar-refractivity contribution in [3.05, 3.63) is 47.7 Å². The number of hydrogen-bond donors (Lipinski definition) is 0. The highest BCUT2D eigenvalue weighted by molar-refractivity contribution is 5.70. The highest BCUT2D eigenvalue weighted by atomic mass is 19.4. The van der Waals surface area contributed by atoms with Gasteiger partial charge in [-0.25, -0.2) is 0 Å². The van der Waals surface area contributed by atoms with Crippen LogP contribution in [-0.2, 0) is 12.6 Å². The molecule has 2 rings (SSSR count). The van der Waals surface area contributed by atoms with Crippen molar-refractivity contribution >= 4 is 0 Å². The quantitative estimate of drug-likeness (QED) is 0.755. The summed E-state index contributed by atoms with van der Waals surface area (Å²) in [5.74, 6) is -0.614. The molecule has 0 fully saturated rings. The molecule has 0 bridgehead atoms. The summed E-state index contributed by atoms with van der Waals surface area (Å²) in [5, 5.41) is 8.77. The number of aromatic nitrogens is 1. The number of ether oxygens (including phenoxy) is 1. The first-order valence-electron chi connectivity index (χ1n) is 6.40. The number of alkyl halides is 6. The zero-order valence-corrected chi connectivity index (χ0v) is 11.7. The fourth-order valence-electron chi connectivity index (χ4n) is 2.00. The van der Waals surface area contributed by atoms with Crippen LogP contribution in [0.5, 0.6) is 5.75 Å². The van der Waals surface area contributed by atoms with Crippen LogP contribution < -0.4 is 4.74 Å². The van der Waals surface area contributed by atoms with Crippen LogP contribution in [0, 0.1) is 11.3 Å². The Morgan fingerprint density at radius 2 is 1.75 bits per heavy atom. The van der Waals surface area contributed by atoms with Crippen molar-refractivity contribution < 1.29 is 31.1 Å². The number of pyridine rings is 1. The lowest BCUT2D eigenvalue weighted by Crippen LogP contribution is -2.17. The Balaban J connectivity index is 2.59. The first-order valence-corrected chi connectivity index (χ1v) is 6.40. The molecular weight excluding hydrogens is 338 g/mol. The van der Waals surface area contributed by atoms with Crippen LogP contribution in [0.3, 0.4) is 0 Å². The predicted octanol–water partition coefficient (Wildman–Crippen LogP) is 4.73. The van der Waals surface area contributed by atoms with Gasteiger partial charge in [-0.2, -0.15) is 18.4 Å². The van der Waals surface area contributed by atoms with Crippen LogP contribution in [0.25, 0.3) is 11.3 Å². The minimum Gasteiger partial charge on any atom is -0.405 e. The molecule has 0 aliphatic heterocycles. The van der Waals surface area contributed by atoms with Crippen LogP contribution in [0.4, 0.5) is 26.3 Å². The standard InChI is InChI=1S/C15H8F6N2O/c16-14(17,18)10-7-9(5-6-22)13(23-8-10)11-3-1-2-4-12(11)24-15(19,20)21/h1-4,7-8H,5H2. The van der Waals surface area contributed by atoms with Crippen LogP contribution >= 0.6 is 0 Å².